The van der Waals surface area contributed by atoms with Crippen molar-refractivity contribution in [3.8, 4) is 55.6 Å². The van der Waals surface area contributed by atoms with Crippen molar-refractivity contribution in [1.82, 2.24) is 0 Å². The van der Waals surface area contributed by atoms with Crippen molar-refractivity contribution in [2.45, 2.75) is 5.41 Å². The topological polar surface area (TPSA) is 0 Å². The van der Waals surface area contributed by atoms with E-state index in [0.29, 0.717) is 0 Å². The number of benzene rings is 12. The molecule has 0 fully saturated rings. The normalized spacial score (nSPS) is 13.2. The van der Waals surface area contributed by atoms with Crippen LogP contribution in [0.4, 0.5) is 0 Å². The third kappa shape index (κ3) is 4.75. The van der Waals surface area contributed by atoms with Crippen LogP contribution in [0, 0.1) is 0 Å². The van der Waals surface area contributed by atoms with Gasteiger partial charge in [-0.05, 0) is 162 Å². The minimum atomic E-state index is -0.439. The first-order chi connectivity index (χ1) is 31.2. The molecule has 0 radical (unpaired) electrons. The molecule has 12 aromatic rings. The Balaban J connectivity index is 1.00. The Morgan fingerprint density at radius 3 is 1.40 bits per heavy atom. The summed E-state index contributed by atoms with van der Waals surface area (Å²) >= 11 is 0. The van der Waals surface area contributed by atoms with Crippen molar-refractivity contribution < 1.29 is 0 Å². The van der Waals surface area contributed by atoms with Crippen LogP contribution in [-0.2, 0) is 5.41 Å². The van der Waals surface area contributed by atoms with Gasteiger partial charge in [-0.25, -0.2) is 0 Å². The number of rotatable bonds is 3. The van der Waals surface area contributed by atoms with E-state index in [4.69, 9.17) is 0 Å². The maximum atomic E-state index is 2.54. The van der Waals surface area contributed by atoms with Crippen LogP contribution in [0.15, 0.2) is 231 Å². The molecule has 0 aromatic heterocycles. The van der Waals surface area contributed by atoms with Gasteiger partial charge in [0.25, 0.3) is 0 Å². The summed E-state index contributed by atoms with van der Waals surface area (Å²) in [5.74, 6) is 0. The molecule has 2 aliphatic rings. The summed E-state index contributed by atoms with van der Waals surface area (Å²) in [5, 5.41) is 12.7. The van der Waals surface area contributed by atoms with E-state index < -0.39 is 5.41 Å². The lowest BCUT2D eigenvalue weighted by Gasteiger charge is -2.31. The Bertz CT molecular complexity index is 3820. The van der Waals surface area contributed by atoms with Crippen LogP contribution >= 0.6 is 0 Å². The molecule has 0 unspecified atom stereocenters. The van der Waals surface area contributed by atoms with Crippen molar-refractivity contribution in [2.24, 2.45) is 0 Å². The highest BCUT2D eigenvalue weighted by molar-refractivity contribution is 6.22. The van der Waals surface area contributed by atoms with Crippen LogP contribution in [-0.4, -0.2) is 0 Å². The van der Waals surface area contributed by atoms with Gasteiger partial charge in [0.05, 0.1) is 5.41 Å². The quantitative estimate of drug-likeness (QED) is 0.156. The van der Waals surface area contributed by atoms with E-state index in [1.165, 1.54) is 132 Å². The molecular weight excluding hydrogens is 757 g/mol. The summed E-state index contributed by atoms with van der Waals surface area (Å²) in [4.78, 5) is 0. The first-order valence-corrected chi connectivity index (χ1v) is 22.1. The SMILES string of the molecule is c1cc(-c2ccc3ccccc3c2)cc(-c2c3ccccc3c(-c3ccc4cc5c(cc4c3)C3(c4ccccc4-c4ccccc43)c3c-5ccc4ccccc34)c3ccccc23)c1. The Morgan fingerprint density at radius 1 is 0.222 bits per heavy atom. The van der Waals surface area contributed by atoms with Crippen LogP contribution in [0.2, 0.25) is 0 Å². The Labute approximate surface area is 366 Å². The fourth-order valence-corrected chi connectivity index (χ4v) is 11.8. The number of fused-ring (bicyclic) bond motifs is 16. The largest absolute Gasteiger partial charge is 0.0731 e. The van der Waals surface area contributed by atoms with Crippen molar-refractivity contribution in [3.05, 3.63) is 253 Å². The van der Waals surface area contributed by atoms with Crippen molar-refractivity contribution in [1.29, 1.82) is 0 Å². The third-order valence-corrected chi connectivity index (χ3v) is 14.4. The lowest BCUT2D eigenvalue weighted by Crippen LogP contribution is -2.26. The van der Waals surface area contributed by atoms with Gasteiger partial charge in [0.1, 0.15) is 0 Å². The highest BCUT2D eigenvalue weighted by atomic mass is 14.5. The maximum Gasteiger partial charge on any atom is 0.0731 e. The van der Waals surface area contributed by atoms with Crippen LogP contribution in [0.1, 0.15) is 22.3 Å². The van der Waals surface area contributed by atoms with E-state index >= 15 is 0 Å². The van der Waals surface area contributed by atoms with E-state index in [1.807, 2.05) is 0 Å². The smallest absolute Gasteiger partial charge is 0.0619 e. The van der Waals surface area contributed by atoms with E-state index in [9.17, 15) is 0 Å². The van der Waals surface area contributed by atoms with Gasteiger partial charge in [0, 0.05) is 0 Å². The lowest BCUT2D eigenvalue weighted by molar-refractivity contribution is 0.802. The first kappa shape index (κ1) is 34.6. The predicted molar refractivity (Wildman–Crippen MR) is 267 cm³/mol. The van der Waals surface area contributed by atoms with Crippen LogP contribution in [0.25, 0.3) is 109 Å². The molecule has 0 bridgehead atoms. The zero-order valence-electron chi connectivity index (χ0n) is 34.4. The lowest BCUT2D eigenvalue weighted by atomic mass is 9.69. The second-order valence-electron chi connectivity index (χ2n) is 17.5. The molecule has 1 spiro atoms. The minimum Gasteiger partial charge on any atom is -0.0619 e. The Kier molecular flexibility index (Phi) is 7.13. The summed E-state index contributed by atoms with van der Waals surface area (Å²) in [7, 11) is 0. The molecule has 0 heterocycles. The summed E-state index contributed by atoms with van der Waals surface area (Å²) in [5.41, 5.74) is 17.8. The molecule has 290 valence electrons. The molecular formula is C63H38. The van der Waals surface area contributed by atoms with Crippen LogP contribution < -0.4 is 0 Å². The standard InChI is InChI=1S/C63H38/c1-2-16-41-34-43(29-28-39(41)14-1)42-17-13-18-45(35-42)60-51-22-5-7-24-53(51)61(54-25-8-6-23-52(54)60)46-31-30-44-37-56-55-33-32-40-15-3-4-19-48(40)62(55)63(59(56)38-47(44)36-46)57-26-11-9-20-49(57)50-21-10-12-27-58(50)63/h1-38H. The average Bonchev–Trinajstić information content (AvgIpc) is 3.81. The minimum absolute atomic E-state index is 0.439. The molecule has 0 amide bonds. The molecule has 0 N–H and O–H groups in total. The van der Waals surface area contributed by atoms with Gasteiger partial charge in [0.15, 0.2) is 0 Å². The maximum absolute atomic E-state index is 2.54. The molecule has 12 aromatic carbocycles. The van der Waals surface area contributed by atoms with Crippen molar-refractivity contribution in [2.75, 3.05) is 0 Å². The molecule has 2 aliphatic carbocycles. The fraction of sp³-hybridized carbons (Fsp3) is 0.0159. The van der Waals surface area contributed by atoms with Gasteiger partial charge in [0.2, 0.25) is 0 Å². The van der Waals surface area contributed by atoms with Crippen LogP contribution in [0.5, 0.6) is 0 Å². The summed E-state index contributed by atoms with van der Waals surface area (Å²) < 4.78 is 0. The first-order valence-electron chi connectivity index (χ1n) is 22.1. The van der Waals surface area contributed by atoms with E-state index in [2.05, 4.69) is 231 Å². The highest BCUT2D eigenvalue weighted by Crippen LogP contribution is 2.64. The molecule has 0 nitrogen and oxygen atoms in total. The second-order valence-corrected chi connectivity index (χ2v) is 17.5. The Morgan fingerprint density at radius 2 is 0.698 bits per heavy atom. The summed E-state index contributed by atoms with van der Waals surface area (Å²) in [6, 6.07) is 86.7. The third-order valence-electron chi connectivity index (χ3n) is 14.4. The van der Waals surface area contributed by atoms with E-state index in [-0.39, 0.29) is 0 Å². The molecule has 0 aliphatic heterocycles. The molecule has 0 saturated heterocycles. The number of hydrogen-bond acceptors (Lipinski definition) is 0. The zero-order chi connectivity index (χ0) is 41.2. The number of hydrogen-bond donors (Lipinski definition) is 0. The average molecular weight is 795 g/mol. The monoisotopic (exact) mass is 794 g/mol. The van der Waals surface area contributed by atoms with Crippen molar-refractivity contribution in [3.63, 3.8) is 0 Å². The summed E-state index contributed by atoms with van der Waals surface area (Å²) in [6.45, 7) is 0. The Hall–Kier alpha value is -8.06. The predicted octanol–water partition coefficient (Wildman–Crippen LogP) is 16.8. The van der Waals surface area contributed by atoms with E-state index in [0.717, 1.165) is 0 Å². The van der Waals surface area contributed by atoms with Gasteiger partial charge in [-0.3, -0.25) is 0 Å². The van der Waals surface area contributed by atoms with Gasteiger partial charge < -0.3 is 0 Å². The van der Waals surface area contributed by atoms with Gasteiger partial charge in [-0.1, -0.05) is 200 Å². The molecule has 0 atom stereocenters. The molecule has 0 saturated carbocycles. The van der Waals surface area contributed by atoms with Crippen molar-refractivity contribution >= 4 is 53.9 Å². The van der Waals surface area contributed by atoms with Gasteiger partial charge in [-0.2, -0.15) is 0 Å². The molecule has 0 heteroatoms. The zero-order valence-corrected chi connectivity index (χ0v) is 34.4. The van der Waals surface area contributed by atoms with Gasteiger partial charge >= 0.3 is 0 Å². The highest BCUT2D eigenvalue weighted by Gasteiger charge is 2.52. The van der Waals surface area contributed by atoms with Gasteiger partial charge in [-0.15, -0.1) is 0 Å². The molecule has 63 heavy (non-hydrogen) atoms. The molecule has 14 rings (SSSR count). The fourth-order valence-electron chi connectivity index (χ4n) is 11.8. The summed E-state index contributed by atoms with van der Waals surface area (Å²) in [6.07, 6.45) is 0. The second kappa shape index (κ2) is 13.0. The van der Waals surface area contributed by atoms with E-state index in [1.54, 1.807) is 0 Å². The van der Waals surface area contributed by atoms with Crippen LogP contribution in [0.3, 0.4) is 0 Å².